The van der Waals surface area contributed by atoms with Crippen LogP contribution in [0.2, 0.25) is 0 Å². The van der Waals surface area contributed by atoms with E-state index in [0.29, 0.717) is 25.7 Å². The van der Waals surface area contributed by atoms with Crippen molar-refractivity contribution in [3.8, 4) is 0 Å². The van der Waals surface area contributed by atoms with Gasteiger partial charge in [0.25, 0.3) is 11.6 Å². The number of unbranched alkanes of at least 4 members (excludes halogenated alkanes) is 2. The number of hydrogen-bond acceptors (Lipinski definition) is 3. The van der Waals surface area contributed by atoms with Gasteiger partial charge >= 0.3 is 12.4 Å². The van der Waals surface area contributed by atoms with Gasteiger partial charge in [0.1, 0.15) is 11.5 Å². The monoisotopic (exact) mass is 374 g/mol. The smallest absolute Gasteiger partial charge is 0.454 e. The SMILES string of the molecule is CCCCC(=CC(=O)C(F)(F)F)OC(=CC(=O)C(F)(F)F)CCCC. The Balaban J connectivity index is 5.51. The second-order valence-electron chi connectivity index (χ2n) is 5.25. The Morgan fingerprint density at radius 3 is 1.32 bits per heavy atom. The van der Waals surface area contributed by atoms with E-state index < -0.39 is 35.4 Å². The molecule has 0 atom stereocenters. The molecule has 0 aromatic carbocycles. The lowest BCUT2D eigenvalue weighted by Crippen LogP contribution is -2.22. The Bertz CT molecular complexity index is 469. The Kier molecular flexibility index (Phi) is 9.51. The highest BCUT2D eigenvalue weighted by Gasteiger charge is 2.38. The number of alkyl halides is 6. The minimum absolute atomic E-state index is 0.0675. The lowest BCUT2D eigenvalue weighted by molar-refractivity contribution is -0.165. The minimum Gasteiger partial charge on any atom is -0.466 e. The first kappa shape index (κ1) is 23.2. The molecule has 9 heteroatoms. The number of rotatable bonds is 10. The predicted octanol–water partition coefficient (Wildman–Crippen LogP) is 5.41. The van der Waals surface area contributed by atoms with Crippen LogP contribution < -0.4 is 0 Å². The average molecular weight is 374 g/mol. The third-order valence-corrected chi connectivity index (χ3v) is 2.96. The van der Waals surface area contributed by atoms with Crippen LogP contribution in [0.3, 0.4) is 0 Å². The molecule has 0 saturated carbocycles. The van der Waals surface area contributed by atoms with Crippen molar-refractivity contribution in [2.75, 3.05) is 0 Å². The molecule has 0 aliphatic rings. The van der Waals surface area contributed by atoms with Crippen molar-refractivity contribution in [2.24, 2.45) is 0 Å². The Morgan fingerprint density at radius 1 is 0.760 bits per heavy atom. The van der Waals surface area contributed by atoms with E-state index in [1.54, 1.807) is 13.8 Å². The topological polar surface area (TPSA) is 43.4 Å². The molecule has 0 unspecified atom stereocenters. The lowest BCUT2D eigenvalue weighted by Gasteiger charge is -2.14. The number of hydrogen-bond donors (Lipinski definition) is 0. The van der Waals surface area contributed by atoms with Crippen LogP contribution in [0.1, 0.15) is 52.4 Å². The molecule has 0 heterocycles. The van der Waals surface area contributed by atoms with Crippen molar-refractivity contribution in [3.63, 3.8) is 0 Å². The predicted molar refractivity (Wildman–Crippen MR) is 78.4 cm³/mol. The zero-order valence-corrected chi connectivity index (χ0v) is 13.9. The molecule has 0 fully saturated rings. The van der Waals surface area contributed by atoms with Crippen LogP contribution in [0.25, 0.3) is 0 Å². The zero-order valence-electron chi connectivity index (χ0n) is 13.9. The number of ketones is 2. The third-order valence-electron chi connectivity index (χ3n) is 2.96. The van der Waals surface area contributed by atoms with Gasteiger partial charge in [0, 0.05) is 25.0 Å². The van der Waals surface area contributed by atoms with E-state index >= 15 is 0 Å². The fourth-order valence-electron chi connectivity index (χ4n) is 1.63. The molecule has 0 bridgehead atoms. The molecule has 144 valence electrons. The quantitative estimate of drug-likeness (QED) is 0.292. The molecule has 0 N–H and O–H groups in total. The molecule has 0 radical (unpaired) electrons. The van der Waals surface area contributed by atoms with Crippen molar-refractivity contribution < 1.29 is 40.7 Å². The van der Waals surface area contributed by atoms with Crippen LogP contribution in [-0.2, 0) is 14.3 Å². The van der Waals surface area contributed by atoms with Crippen LogP contribution in [0, 0.1) is 0 Å². The van der Waals surface area contributed by atoms with Gasteiger partial charge in [-0.25, -0.2) is 0 Å². The summed E-state index contributed by atoms with van der Waals surface area (Å²) >= 11 is 0. The van der Waals surface area contributed by atoms with E-state index in [9.17, 15) is 35.9 Å². The second kappa shape index (κ2) is 10.2. The van der Waals surface area contributed by atoms with Crippen LogP contribution in [-0.4, -0.2) is 23.9 Å². The van der Waals surface area contributed by atoms with Crippen molar-refractivity contribution in [1.29, 1.82) is 0 Å². The largest absolute Gasteiger partial charge is 0.466 e. The Labute approximate surface area is 141 Å². The van der Waals surface area contributed by atoms with E-state index in [4.69, 9.17) is 4.74 Å². The van der Waals surface area contributed by atoms with E-state index in [1.165, 1.54) is 0 Å². The van der Waals surface area contributed by atoms with Gasteiger partial charge in [-0.2, -0.15) is 26.3 Å². The standard InChI is InChI=1S/C16H20F6O3/c1-3-5-7-11(9-13(23)15(17,18)19)25-12(8-6-4-2)10-14(24)16(20,21)22/h9-10H,3-8H2,1-2H3. The molecule has 25 heavy (non-hydrogen) atoms. The summed E-state index contributed by atoms with van der Waals surface area (Å²) in [7, 11) is 0. The summed E-state index contributed by atoms with van der Waals surface area (Å²) in [6.07, 6.45) is -8.07. The fourth-order valence-corrected chi connectivity index (χ4v) is 1.63. The second-order valence-corrected chi connectivity index (χ2v) is 5.25. The van der Waals surface area contributed by atoms with E-state index in [1.807, 2.05) is 0 Å². The number of carbonyl (C=O) groups excluding carboxylic acids is 2. The van der Waals surface area contributed by atoms with Gasteiger partial charge < -0.3 is 4.74 Å². The van der Waals surface area contributed by atoms with E-state index in [0.717, 1.165) is 0 Å². The maximum Gasteiger partial charge on any atom is 0.454 e. The molecular formula is C16H20F6O3. The van der Waals surface area contributed by atoms with Crippen molar-refractivity contribution in [1.82, 2.24) is 0 Å². The van der Waals surface area contributed by atoms with Gasteiger partial charge in [-0.3, -0.25) is 9.59 Å². The van der Waals surface area contributed by atoms with E-state index in [-0.39, 0.29) is 25.0 Å². The molecule has 0 aliphatic carbocycles. The summed E-state index contributed by atoms with van der Waals surface area (Å²) in [4.78, 5) is 22.1. The molecule has 0 rings (SSSR count). The van der Waals surface area contributed by atoms with Crippen LogP contribution in [0.4, 0.5) is 26.3 Å². The van der Waals surface area contributed by atoms with E-state index in [2.05, 4.69) is 0 Å². The maximum absolute atomic E-state index is 12.4. The molecule has 3 nitrogen and oxygen atoms in total. The first-order valence-electron chi connectivity index (χ1n) is 7.73. The zero-order chi connectivity index (χ0) is 19.7. The highest BCUT2D eigenvalue weighted by atomic mass is 19.4. The van der Waals surface area contributed by atoms with Crippen LogP contribution in [0.15, 0.2) is 23.7 Å². The van der Waals surface area contributed by atoms with Crippen LogP contribution >= 0.6 is 0 Å². The van der Waals surface area contributed by atoms with Gasteiger partial charge in [-0.1, -0.05) is 26.7 Å². The first-order chi connectivity index (χ1) is 11.4. The van der Waals surface area contributed by atoms with Crippen molar-refractivity contribution in [2.45, 2.75) is 64.7 Å². The number of ether oxygens (including phenoxy) is 1. The molecule has 0 aliphatic heterocycles. The van der Waals surface area contributed by atoms with Crippen molar-refractivity contribution >= 4 is 11.6 Å². The molecule has 0 saturated heterocycles. The Morgan fingerprint density at radius 2 is 1.08 bits per heavy atom. The summed E-state index contributed by atoms with van der Waals surface area (Å²) in [5.74, 6) is -5.17. The first-order valence-corrected chi connectivity index (χ1v) is 7.73. The number of carbonyl (C=O) groups is 2. The van der Waals surface area contributed by atoms with Gasteiger partial charge in [0.15, 0.2) is 0 Å². The van der Waals surface area contributed by atoms with Gasteiger partial charge in [-0.15, -0.1) is 0 Å². The lowest BCUT2D eigenvalue weighted by atomic mass is 10.1. The summed E-state index contributed by atoms with van der Waals surface area (Å²) in [6, 6.07) is 0. The van der Waals surface area contributed by atoms with Crippen molar-refractivity contribution in [3.05, 3.63) is 23.7 Å². The summed E-state index contributed by atoms with van der Waals surface area (Å²) in [5.41, 5.74) is 0. The maximum atomic E-state index is 12.4. The molecule has 0 aromatic rings. The highest BCUT2D eigenvalue weighted by Crippen LogP contribution is 2.24. The third kappa shape index (κ3) is 9.93. The van der Waals surface area contributed by atoms with Crippen LogP contribution in [0.5, 0.6) is 0 Å². The fraction of sp³-hybridized carbons (Fsp3) is 0.625. The summed E-state index contributed by atoms with van der Waals surface area (Å²) < 4.78 is 79.3. The molecule has 0 spiro atoms. The summed E-state index contributed by atoms with van der Waals surface area (Å²) in [5, 5.41) is 0. The highest BCUT2D eigenvalue weighted by molar-refractivity contribution is 5.95. The molecule has 0 amide bonds. The minimum atomic E-state index is -5.12. The average Bonchev–Trinajstić information content (AvgIpc) is 2.47. The number of halogens is 6. The van der Waals surface area contributed by atoms with Gasteiger partial charge in [0.05, 0.1) is 0 Å². The normalized spacial score (nSPS) is 13.8. The summed E-state index contributed by atoms with van der Waals surface area (Å²) in [6.45, 7) is 3.48. The Hall–Kier alpha value is -1.80. The van der Waals surface area contributed by atoms with Gasteiger partial charge in [-0.05, 0) is 12.8 Å². The number of allylic oxidation sites excluding steroid dienone is 4. The molecule has 0 aromatic heterocycles. The molecular weight excluding hydrogens is 354 g/mol. The van der Waals surface area contributed by atoms with Gasteiger partial charge in [0.2, 0.25) is 0 Å².